The van der Waals surface area contributed by atoms with E-state index in [0.29, 0.717) is 0 Å². The van der Waals surface area contributed by atoms with Crippen molar-refractivity contribution in [2.45, 2.75) is 19.8 Å². The maximum atomic E-state index is 11.2. The Morgan fingerprint density at radius 1 is 1.69 bits per heavy atom. The van der Waals surface area contributed by atoms with E-state index in [4.69, 9.17) is 4.74 Å². The number of methoxy groups -OCH3 is 1. The summed E-state index contributed by atoms with van der Waals surface area (Å²) < 4.78 is 4.70. The molecular weight excluding hydrogens is 166 g/mol. The van der Waals surface area contributed by atoms with E-state index in [9.17, 15) is 4.79 Å². The predicted octanol–water partition coefficient (Wildman–Crippen LogP) is 1.76. The molecule has 1 aromatic rings. The molecule has 13 heavy (non-hydrogen) atoms. The van der Waals surface area contributed by atoms with E-state index in [2.05, 4.69) is 4.98 Å². The van der Waals surface area contributed by atoms with Gasteiger partial charge in [0.05, 0.1) is 13.0 Å². The highest BCUT2D eigenvalue weighted by atomic mass is 16.5. The topological polar surface area (TPSA) is 42.1 Å². The molecule has 1 aromatic heterocycles. The van der Waals surface area contributed by atoms with Gasteiger partial charge in [0, 0.05) is 12.4 Å². The van der Waals surface area contributed by atoms with Crippen LogP contribution in [0.1, 0.15) is 18.9 Å². The highest BCUT2D eigenvalue weighted by molar-refractivity contribution is 5.72. The molecule has 0 aliphatic rings. The van der Waals surface area contributed by atoms with E-state index in [1.54, 1.807) is 0 Å². The fourth-order valence-electron chi connectivity index (χ4n) is 1.33. The van der Waals surface area contributed by atoms with Gasteiger partial charge in [-0.1, -0.05) is 6.92 Å². The first-order valence-electron chi connectivity index (χ1n) is 4.47. The van der Waals surface area contributed by atoms with Crippen molar-refractivity contribution in [3.8, 4) is 0 Å². The Labute approximate surface area is 78.1 Å². The SMILES string of the molecule is CCC(Cc1cc[nH]c1)C(=O)OC. The van der Waals surface area contributed by atoms with Crippen LogP contribution in [0.15, 0.2) is 18.5 Å². The van der Waals surface area contributed by atoms with Gasteiger partial charge in [0.25, 0.3) is 0 Å². The van der Waals surface area contributed by atoms with E-state index < -0.39 is 0 Å². The van der Waals surface area contributed by atoms with Gasteiger partial charge in [-0.15, -0.1) is 0 Å². The Morgan fingerprint density at radius 3 is 2.92 bits per heavy atom. The number of H-pyrrole nitrogens is 1. The first-order valence-corrected chi connectivity index (χ1v) is 4.47. The lowest BCUT2D eigenvalue weighted by atomic mass is 9.99. The average molecular weight is 181 g/mol. The summed E-state index contributed by atoms with van der Waals surface area (Å²) in [5, 5.41) is 0. The smallest absolute Gasteiger partial charge is 0.308 e. The molecule has 72 valence electrons. The zero-order valence-electron chi connectivity index (χ0n) is 8.04. The number of hydrogen-bond donors (Lipinski definition) is 1. The van der Waals surface area contributed by atoms with Gasteiger partial charge in [-0.2, -0.15) is 0 Å². The zero-order valence-corrected chi connectivity index (χ0v) is 8.04. The summed E-state index contributed by atoms with van der Waals surface area (Å²) in [7, 11) is 1.43. The minimum Gasteiger partial charge on any atom is -0.469 e. The molecular formula is C10H15NO2. The summed E-state index contributed by atoms with van der Waals surface area (Å²) in [5.74, 6) is -0.135. The summed E-state index contributed by atoms with van der Waals surface area (Å²) in [4.78, 5) is 14.2. The van der Waals surface area contributed by atoms with Gasteiger partial charge in [-0.25, -0.2) is 0 Å². The fourth-order valence-corrected chi connectivity index (χ4v) is 1.33. The summed E-state index contributed by atoms with van der Waals surface area (Å²) in [6.45, 7) is 1.99. The molecule has 0 aromatic carbocycles. The van der Waals surface area contributed by atoms with Crippen LogP contribution in [0.2, 0.25) is 0 Å². The van der Waals surface area contributed by atoms with Crippen molar-refractivity contribution < 1.29 is 9.53 Å². The molecule has 1 unspecified atom stereocenters. The van der Waals surface area contributed by atoms with Crippen molar-refractivity contribution in [1.82, 2.24) is 4.98 Å². The molecule has 3 heteroatoms. The van der Waals surface area contributed by atoms with Crippen LogP contribution in [0.5, 0.6) is 0 Å². The lowest BCUT2D eigenvalue weighted by molar-refractivity contribution is -0.145. The monoisotopic (exact) mass is 181 g/mol. The van der Waals surface area contributed by atoms with Gasteiger partial charge in [0.15, 0.2) is 0 Å². The van der Waals surface area contributed by atoms with Crippen molar-refractivity contribution in [1.29, 1.82) is 0 Å². The summed E-state index contributed by atoms with van der Waals surface area (Å²) in [6, 6.07) is 1.98. The van der Waals surface area contributed by atoms with Crippen LogP contribution >= 0.6 is 0 Å². The molecule has 0 bridgehead atoms. The molecule has 1 N–H and O–H groups in total. The number of esters is 1. The number of carbonyl (C=O) groups excluding carboxylic acids is 1. The molecule has 0 aliphatic carbocycles. The Hall–Kier alpha value is -1.25. The molecule has 1 heterocycles. The highest BCUT2D eigenvalue weighted by Crippen LogP contribution is 2.12. The van der Waals surface area contributed by atoms with Crippen molar-refractivity contribution in [2.24, 2.45) is 5.92 Å². The molecule has 0 radical (unpaired) electrons. The van der Waals surface area contributed by atoms with Crippen molar-refractivity contribution in [3.05, 3.63) is 24.0 Å². The molecule has 1 atom stereocenters. The van der Waals surface area contributed by atoms with Crippen LogP contribution in [-0.4, -0.2) is 18.1 Å². The van der Waals surface area contributed by atoms with E-state index in [1.165, 1.54) is 7.11 Å². The Kier molecular flexibility index (Phi) is 3.55. The standard InChI is InChI=1S/C10H15NO2/c1-3-9(10(12)13-2)6-8-4-5-11-7-8/h4-5,7,9,11H,3,6H2,1-2H3. The maximum absolute atomic E-state index is 11.2. The molecule has 0 aliphatic heterocycles. The molecule has 1 rings (SSSR count). The van der Waals surface area contributed by atoms with E-state index in [1.807, 2.05) is 25.4 Å². The second-order valence-corrected chi connectivity index (χ2v) is 3.05. The van der Waals surface area contributed by atoms with Gasteiger partial charge in [0.2, 0.25) is 0 Å². The minimum atomic E-state index is -0.122. The Balaban J connectivity index is 2.54. The highest BCUT2D eigenvalue weighted by Gasteiger charge is 2.17. The van der Waals surface area contributed by atoms with Gasteiger partial charge in [-0.3, -0.25) is 4.79 Å². The molecule has 0 amide bonds. The van der Waals surface area contributed by atoms with Gasteiger partial charge in [-0.05, 0) is 24.5 Å². The van der Waals surface area contributed by atoms with Crippen LogP contribution < -0.4 is 0 Å². The number of hydrogen-bond acceptors (Lipinski definition) is 2. The first kappa shape index (κ1) is 9.84. The van der Waals surface area contributed by atoms with Crippen LogP contribution in [0, 0.1) is 5.92 Å². The van der Waals surface area contributed by atoms with Crippen molar-refractivity contribution in [2.75, 3.05) is 7.11 Å². The summed E-state index contributed by atoms with van der Waals surface area (Å²) in [6.07, 6.45) is 5.34. The van der Waals surface area contributed by atoms with Crippen LogP contribution in [0.3, 0.4) is 0 Å². The van der Waals surface area contributed by atoms with E-state index >= 15 is 0 Å². The summed E-state index contributed by atoms with van der Waals surface area (Å²) in [5.41, 5.74) is 1.15. The molecule has 0 fully saturated rings. The zero-order chi connectivity index (χ0) is 9.68. The van der Waals surface area contributed by atoms with E-state index in [0.717, 1.165) is 18.4 Å². The number of carbonyl (C=O) groups is 1. The molecule has 0 saturated heterocycles. The Bertz CT molecular complexity index is 254. The first-order chi connectivity index (χ1) is 6.27. The fraction of sp³-hybridized carbons (Fsp3) is 0.500. The van der Waals surface area contributed by atoms with Crippen LogP contribution in [0.4, 0.5) is 0 Å². The number of nitrogens with one attached hydrogen (secondary N) is 1. The van der Waals surface area contributed by atoms with E-state index in [-0.39, 0.29) is 11.9 Å². The lowest BCUT2D eigenvalue weighted by Crippen LogP contribution is -2.17. The largest absolute Gasteiger partial charge is 0.469 e. The molecule has 0 spiro atoms. The Morgan fingerprint density at radius 2 is 2.46 bits per heavy atom. The van der Waals surface area contributed by atoms with Crippen molar-refractivity contribution >= 4 is 5.97 Å². The third kappa shape index (κ3) is 2.61. The second kappa shape index (κ2) is 4.70. The van der Waals surface area contributed by atoms with Gasteiger partial charge in [0.1, 0.15) is 0 Å². The number of aromatic nitrogens is 1. The minimum absolute atomic E-state index is 0.0131. The van der Waals surface area contributed by atoms with Crippen molar-refractivity contribution in [3.63, 3.8) is 0 Å². The molecule has 0 saturated carbocycles. The van der Waals surface area contributed by atoms with Crippen LogP contribution in [-0.2, 0) is 16.0 Å². The number of aromatic amines is 1. The third-order valence-electron chi connectivity index (χ3n) is 2.17. The number of ether oxygens (including phenoxy) is 1. The summed E-state index contributed by atoms with van der Waals surface area (Å²) >= 11 is 0. The predicted molar refractivity (Wildman–Crippen MR) is 50.3 cm³/mol. The molecule has 3 nitrogen and oxygen atoms in total. The van der Waals surface area contributed by atoms with Gasteiger partial charge >= 0.3 is 5.97 Å². The third-order valence-corrected chi connectivity index (χ3v) is 2.17. The second-order valence-electron chi connectivity index (χ2n) is 3.05. The lowest BCUT2D eigenvalue weighted by Gasteiger charge is -2.10. The number of rotatable bonds is 4. The quantitative estimate of drug-likeness (QED) is 0.719. The maximum Gasteiger partial charge on any atom is 0.308 e. The van der Waals surface area contributed by atoms with Gasteiger partial charge < -0.3 is 9.72 Å². The van der Waals surface area contributed by atoms with Crippen LogP contribution in [0.25, 0.3) is 0 Å². The average Bonchev–Trinajstić information content (AvgIpc) is 2.65. The normalized spacial score (nSPS) is 12.5.